The van der Waals surface area contributed by atoms with Crippen molar-refractivity contribution in [2.45, 2.75) is 32.6 Å². The molecular weight excluding hydrogens is 210 g/mol. The molecule has 0 aromatic carbocycles. The van der Waals surface area contributed by atoms with Gasteiger partial charge in [-0.2, -0.15) is 0 Å². The number of carbonyl (C=O) groups excluding carboxylic acids is 2. The SMILES string of the molecule is C=C(CCCCC)SN1C(=O)C=CC1=O. The number of amides is 2. The van der Waals surface area contributed by atoms with Gasteiger partial charge >= 0.3 is 0 Å². The maximum Gasteiger partial charge on any atom is 0.264 e. The summed E-state index contributed by atoms with van der Waals surface area (Å²) in [5.41, 5.74) is 0. The van der Waals surface area contributed by atoms with Gasteiger partial charge in [-0.25, -0.2) is 4.31 Å². The molecular formula is C11H15NO2S. The fourth-order valence-electron chi connectivity index (χ4n) is 1.22. The monoisotopic (exact) mass is 225 g/mol. The van der Waals surface area contributed by atoms with Gasteiger partial charge < -0.3 is 0 Å². The van der Waals surface area contributed by atoms with Crippen LogP contribution in [0.25, 0.3) is 0 Å². The fourth-order valence-corrected chi connectivity index (χ4v) is 2.02. The Labute approximate surface area is 94.3 Å². The van der Waals surface area contributed by atoms with E-state index in [1.165, 1.54) is 12.2 Å². The number of unbranched alkanes of at least 4 members (excludes halogenated alkanes) is 2. The van der Waals surface area contributed by atoms with Crippen molar-refractivity contribution in [1.82, 2.24) is 4.31 Å². The number of nitrogens with zero attached hydrogens (tertiary/aromatic N) is 1. The van der Waals surface area contributed by atoms with Gasteiger partial charge in [0.1, 0.15) is 0 Å². The van der Waals surface area contributed by atoms with Crippen LogP contribution in [0.1, 0.15) is 32.6 Å². The third kappa shape index (κ3) is 3.55. The average molecular weight is 225 g/mol. The third-order valence-corrected chi connectivity index (χ3v) is 3.05. The molecule has 1 heterocycles. The van der Waals surface area contributed by atoms with Crippen LogP contribution < -0.4 is 0 Å². The predicted octanol–water partition coefficient (Wildman–Crippen LogP) is 2.65. The Morgan fingerprint density at radius 1 is 1.33 bits per heavy atom. The van der Waals surface area contributed by atoms with Crippen LogP contribution in [0.3, 0.4) is 0 Å². The Hall–Kier alpha value is -1.03. The van der Waals surface area contributed by atoms with Crippen LogP contribution in [0.5, 0.6) is 0 Å². The van der Waals surface area contributed by atoms with Crippen molar-refractivity contribution in [2.75, 3.05) is 0 Å². The molecule has 0 saturated carbocycles. The van der Waals surface area contributed by atoms with Gasteiger partial charge in [0.15, 0.2) is 0 Å². The van der Waals surface area contributed by atoms with Gasteiger partial charge in [0.25, 0.3) is 11.8 Å². The summed E-state index contributed by atoms with van der Waals surface area (Å²) in [5, 5.41) is 0. The van der Waals surface area contributed by atoms with E-state index in [0.717, 1.165) is 46.8 Å². The Morgan fingerprint density at radius 2 is 1.93 bits per heavy atom. The van der Waals surface area contributed by atoms with Gasteiger partial charge in [-0.3, -0.25) is 9.59 Å². The van der Waals surface area contributed by atoms with Crippen LogP contribution in [-0.2, 0) is 9.59 Å². The molecule has 4 heteroatoms. The minimum Gasteiger partial charge on any atom is -0.268 e. The van der Waals surface area contributed by atoms with E-state index in [2.05, 4.69) is 13.5 Å². The van der Waals surface area contributed by atoms with Crippen LogP contribution in [0.15, 0.2) is 23.6 Å². The van der Waals surface area contributed by atoms with Crippen molar-refractivity contribution >= 4 is 23.8 Å². The first-order chi connectivity index (χ1) is 7.15. The van der Waals surface area contributed by atoms with Crippen LogP contribution in [-0.4, -0.2) is 16.1 Å². The Bertz CT molecular complexity index is 292. The standard InChI is InChI=1S/C11H15NO2S/c1-3-4-5-6-9(2)15-12-10(13)7-8-11(12)14/h7-8H,2-6H2,1H3. The lowest BCUT2D eigenvalue weighted by atomic mass is 10.2. The van der Waals surface area contributed by atoms with E-state index in [1.807, 2.05) is 0 Å². The van der Waals surface area contributed by atoms with Gasteiger partial charge in [0.05, 0.1) is 0 Å². The lowest BCUT2D eigenvalue weighted by molar-refractivity contribution is -0.130. The quantitative estimate of drug-likeness (QED) is 0.396. The summed E-state index contributed by atoms with van der Waals surface area (Å²) >= 11 is 1.15. The molecule has 0 aromatic heterocycles. The van der Waals surface area contributed by atoms with E-state index in [1.54, 1.807) is 0 Å². The largest absolute Gasteiger partial charge is 0.268 e. The van der Waals surface area contributed by atoms with E-state index in [9.17, 15) is 9.59 Å². The average Bonchev–Trinajstić information content (AvgIpc) is 2.50. The molecule has 1 aliphatic heterocycles. The number of carbonyl (C=O) groups is 2. The first-order valence-electron chi connectivity index (χ1n) is 5.07. The maximum atomic E-state index is 11.2. The third-order valence-electron chi connectivity index (χ3n) is 2.05. The van der Waals surface area contributed by atoms with Gasteiger partial charge in [-0.1, -0.05) is 26.3 Å². The highest BCUT2D eigenvalue weighted by molar-refractivity contribution is 8.01. The molecule has 0 bridgehead atoms. The molecule has 1 aliphatic rings. The normalized spacial score (nSPS) is 15.1. The summed E-state index contributed by atoms with van der Waals surface area (Å²) < 4.78 is 1.15. The molecule has 0 radical (unpaired) electrons. The van der Waals surface area contributed by atoms with Gasteiger partial charge in [-0.15, -0.1) is 0 Å². The molecule has 0 fully saturated rings. The van der Waals surface area contributed by atoms with Crippen molar-refractivity contribution in [3.63, 3.8) is 0 Å². The number of rotatable bonds is 6. The summed E-state index contributed by atoms with van der Waals surface area (Å²) in [6, 6.07) is 0. The second-order valence-electron chi connectivity index (χ2n) is 3.39. The van der Waals surface area contributed by atoms with E-state index >= 15 is 0 Å². The molecule has 0 spiro atoms. The highest BCUT2D eigenvalue weighted by atomic mass is 32.2. The molecule has 0 aromatic rings. The second-order valence-corrected chi connectivity index (χ2v) is 4.52. The summed E-state index contributed by atoms with van der Waals surface area (Å²) in [6.45, 7) is 5.98. The molecule has 82 valence electrons. The molecule has 1 rings (SSSR count). The van der Waals surface area contributed by atoms with E-state index in [4.69, 9.17) is 0 Å². The summed E-state index contributed by atoms with van der Waals surface area (Å²) in [4.78, 5) is 23.3. The number of imide groups is 1. The number of hydrogen-bond donors (Lipinski definition) is 0. The van der Waals surface area contributed by atoms with E-state index < -0.39 is 0 Å². The molecule has 15 heavy (non-hydrogen) atoms. The second kappa shape index (κ2) is 5.75. The van der Waals surface area contributed by atoms with Crippen LogP contribution in [0.4, 0.5) is 0 Å². The zero-order chi connectivity index (χ0) is 11.3. The molecule has 0 N–H and O–H groups in total. The van der Waals surface area contributed by atoms with Crippen LogP contribution in [0.2, 0.25) is 0 Å². The van der Waals surface area contributed by atoms with Crippen molar-refractivity contribution < 1.29 is 9.59 Å². The molecule has 0 saturated heterocycles. The first-order valence-corrected chi connectivity index (χ1v) is 5.84. The first kappa shape index (κ1) is 12.0. The topological polar surface area (TPSA) is 37.4 Å². The van der Waals surface area contributed by atoms with E-state index in [-0.39, 0.29) is 11.8 Å². The van der Waals surface area contributed by atoms with Crippen molar-refractivity contribution in [3.8, 4) is 0 Å². The highest BCUT2D eigenvalue weighted by Crippen LogP contribution is 2.27. The maximum absolute atomic E-state index is 11.2. The van der Waals surface area contributed by atoms with Crippen molar-refractivity contribution in [3.05, 3.63) is 23.6 Å². The van der Waals surface area contributed by atoms with E-state index in [0.29, 0.717) is 0 Å². The number of hydrogen-bond acceptors (Lipinski definition) is 3. The Balaban J connectivity index is 2.32. The van der Waals surface area contributed by atoms with Crippen molar-refractivity contribution in [2.24, 2.45) is 0 Å². The Morgan fingerprint density at radius 3 is 2.47 bits per heavy atom. The zero-order valence-corrected chi connectivity index (χ0v) is 9.68. The Kier molecular flexibility index (Phi) is 4.62. The molecule has 3 nitrogen and oxygen atoms in total. The summed E-state index contributed by atoms with van der Waals surface area (Å²) in [6.07, 6.45) is 6.80. The van der Waals surface area contributed by atoms with Gasteiger partial charge in [-0.05, 0) is 29.7 Å². The summed E-state index contributed by atoms with van der Waals surface area (Å²) in [7, 11) is 0. The smallest absolute Gasteiger partial charge is 0.264 e. The predicted molar refractivity (Wildman–Crippen MR) is 61.9 cm³/mol. The number of allylic oxidation sites excluding steroid dienone is 1. The highest BCUT2D eigenvalue weighted by Gasteiger charge is 2.24. The lowest BCUT2D eigenvalue weighted by Gasteiger charge is -2.13. The minimum absolute atomic E-state index is 0.262. The molecule has 0 atom stereocenters. The lowest BCUT2D eigenvalue weighted by Crippen LogP contribution is -2.22. The fraction of sp³-hybridized carbons (Fsp3) is 0.455. The van der Waals surface area contributed by atoms with Crippen molar-refractivity contribution in [1.29, 1.82) is 0 Å². The van der Waals surface area contributed by atoms with Gasteiger partial charge in [0.2, 0.25) is 0 Å². The zero-order valence-electron chi connectivity index (χ0n) is 8.86. The summed E-state index contributed by atoms with van der Waals surface area (Å²) in [5.74, 6) is -0.525. The van der Waals surface area contributed by atoms with Crippen LogP contribution >= 0.6 is 11.9 Å². The molecule has 0 aliphatic carbocycles. The van der Waals surface area contributed by atoms with Gasteiger partial charge in [0, 0.05) is 12.2 Å². The minimum atomic E-state index is -0.262. The molecule has 2 amide bonds. The van der Waals surface area contributed by atoms with Crippen LogP contribution in [0, 0.1) is 0 Å². The molecule has 0 unspecified atom stereocenters.